The second-order valence-corrected chi connectivity index (χ2v) is 6.11. The predicted octanol–water partition coefficient (Wildman–Crippen LogP) is 2.74. The summed E-state index contributed by atoms with van der Waals surface area (Å²) in [6.45, 7) is 8.03. The Morgan fingerprint density at radius 3 is 2.73 bits per heavy atom. The molecular weight excluding hydrogens is 298 g/mol. The van der Waals surface area contributed by atoms with Crippen molar-refractivity contribution >= 4 is 24.0 Å². The first kappa shape index (κ1) is 18.9. The molecule has 124 valence electrons. The summed E-state index contributed by atoms with van der Waals surface area (Å²) in [4.78, 5) is 14.7. The van der Waals surface area contributed by atoms with Crippen LogP contribution < -0.4 is 10.6 Å². The highest BCUT2D eigenvalue weighted by atomic mass is 35.5. The van der Waals surface area contributed by atoms with E-state index in [4.69, 9.17) is 0 Å². The molecule has 1 aromatic rings. The average molecular weight is 326 g/mol. The number of nitrogens with zero attached hydrogens (tertiary/aromatic N) is 1. The van der Waals surface area contributed by atoms with Crippen LogP contribution in [0.1, 0.15) is 30.9 Å². The number of hydrogen-bond acceptors (Lipinski definition) is 3. The molecule has 2 atom stereocenters. The molecule has 1 amide bonds. The molecule has 1 aliphatic heterocycles. The van der Waals surface area contributed by atoms with Crippen molar-refractivity contribution < 1.29 is 4.79 Å². The summed E-state index contributed by atoms with van der Waals surface area (Å²) in [6, 6.07) is 6.52. The van der Waals surface area contributed by atoms with Gasteiger partial charge in [-0.25, -0.2) is 0 Å². The molecular formula is C17H28ClN3O. The number of aryl methyl sites for hydroxylation is 2. The number of hydrogen-bond donors (Lipinski definition) is 2. The van der Waals surface area contributed by atoms with Gasteiger partial charge in [-0.3, -0.25) is 9.69 Å². The van der Waals surface area contributed by atoms with E-state index in [1.807, 2.05) is 33.0 Å². The molecule has 2 rings (SSSR count). The van der Waals surface area contributed by atoms with Crippen LogP contribution >= 0.6 is 12.4 Å². The van der Waals surface area contributed by atoms with Crippen LogP contribution in [0.15, 0.2) is 18.2 Å². The van der Waals surface area contributed by atoms with Gasteiger partial charge >= 0.3 is 0 Å². The number of halogens is 1. The second kappa shape index (κ2) is 8.51. The van der Waals surface area contributed by atoms with Crippen molar-refractivity contribution in [1.29, 1.82) is 0 Å². The fraction of sp³-hybridized carbons (Fsp3) is 0.588. The van der Waals surface area contributed by atoms with Crippen molar-refractivity contribution in [2.45, 2.75) is 45.7 Å². The molecule has 22 heavy (non-hydrogen) atoms. The minimum Gasteiger partial charge on any atom is -0.324 e. The number of benzene rings is 1. The number of carbonyl (C=O) groups is 1. The van der Waals surface area contributed by atoms with E-state index in [9.17, 15) is 4.79 Å². The number of carbonyl (C=O) groups excluding carboxylic acids is 1. The lowest BCUT2D eigenvalue weighted by Crippen LogP contribution is -2.51. The van der Waals surface area contributed by atoms with E-state index in [1.54, 1.807) is 0 Å². The Hall–Kier alpha value is -1.10. The molecule has 1 fully saturated rings. The van der Waals surface area contributed by atoms with Crippen molar-refractivity contribution in [3.63, 3.8) is 0 Å². The first-order valence-corrected chi connectivity index (χ1v) is 7.80. The molecule has 0 saturated carbocycles. The fourth-order valence-electron chi connectivity index (χ4n) is 2.95. The van der Waals surface area contributed by atoms with Gasteiger partial charge in [-0.1, -0.05) is 17.7 Å². The summed E-state index contributed by atoms with van der Waals surface area (Å²) >= 11 is 0. The maximum absolute atomic E-state index is 12.5. The molecule has 0 bridgehead atoms. The van der Waals surface area contributed by atoms with Gasteiger partial charge in [-0.15, -0.1) is 12.4 Å². The molecule has 0 spiro atoms. The molecule has 4 nitrogen and oxygen atoms in total. The molecule has 2 unspecified atom stereocenters. The van der Waals surface area contributed by atoms with Gasteiger partial charge in [0, 0.05) is 18.3 Å². The minimum absolute atomic E-state index is 0. The summed E-state index contributed by atoms with van der Waals surface area (Å²) in [5.74, 6) is 0.0821. The number of nitrogens with one attached hydrogen (secondary N) is 2. The van der Waals surface area contributed by atoms with Crippen molar-refractivity contribution in [3.05, 3.63) is 29.3 Å². The smallest absolute Gasteiger partial charge is 0.241 e. The van der Waals surface area contributed by atoms with E-state index in [-0.39, 0.29) is 24.4 Å². The summed E-state index contributed by atoms with van der Waals surface area (Å²) < 4.78 is 0. The van der Waals surface area contributed by atoms with Crippen LogP contribution in [-0.4, -0.2) is 43.0 Å². The van der Waals surface area contributed by atoms with E-state index >= 15 is 0 Å². The van der Waals surface area contributed by atoms with E-state index < -0.39 is 0 Å². The van der Waals surface area contributed by atoms with Gasteiger partial charge < -0.3 is 10.6 Å². The van der Waals surface area contributed by atoms with Gasteiger partial charge in [-0.05, 0) is 58.8 Å². The molecule has 0 radical (unpaired) electrons. The summed E-state index contributed by atoms with van der Waals surface area (Å²) in [7, 11) is 1.99. The van der Waals surface area contributed by atoms with Gasteiger partial charge in [0.15, 0.2) is 0 Å². The molecule has 1 heterocycles. The summed E-state index contributed by atoms with van der Waals surface area (Å²) in [5, 5.41) is 6.39. The highest BCUT2D eigenvalue weighted by Crippen LogP contribution is 2.18. The standard InChI is InChI=1S/C17H27N3O.ClH/c1-12-7-8-16(13(2)10-12)19-17(21)14(3)20-9-5-6-15(11-20)18-4;/h7-8,10,14-15,18H,5-6,9,11H2,1-4H3,(H,19,21);1H. The zero-order chi connectivity index (χ0) is 15.4. The maximum Gasteiger partial charge on any atom is 0.241 e. The highest BCUT2D eigenvalue weighted by Gasteiger charge is 2.26. The Bertz CT molecular complexity index is 507. The summed E-state index contributed by atoms with van der Waals surface area (Å²) in [5.41, 5.74) is 3.24. The number of rotatable bonds is 4. The zero-order valence-electron chi connectivity index (χ0n) is 14.0. The van der Waals surface area contributed by atoms with E-state index in [0.29, 0.717) is 6.04 Å². The third kappa shape index (κ3) is 4.70. The topological polar surface area (TPSA) is 44.4 Å². The number of anilines is 1. The Labute approximate surface area is 140 Å². The molecule has 0 aliphatic carbocycles. The maximum atomic E-state index is 12.5. The molecule has 1 aliphatic rings. The van der Waals surface area contributed by atoms with Crippen LogP contribution in [-0.2, 0) is 4.79 Å². The molecule has 2 N–H and O–H groups in total. The minimum atomic E-state index is -0.0955. The van der Waals surface area contributed by atoms with Gasteiger partial charge in [-0.2, -0.15) is 0 Å². The molecule has 5 heteroatoms. The number of piperidine rings is 1. The zero-order valence-corrected chi connectivity index (χ0v) is 14.8. The first-order chi connectivity index (χ1) is 10.0. The van der Waals surface area contributed by atoms with Gasteiger partial charge in [0.1, 0.15) is 0 Å². The van der Waals surface area contributed by atoms with Gasteiger partial charge in [0.25, 0.3) is 0 Å². The highest BCUT2D eigenvalue weighted by molar-refractivity contribution is 5.95. The van der Waals surface area contributed by atoms with Crippen LogP contribution in [0.25, 0.3) is 0 Å². The lowest BCUT2D eigenvalue weighted by Gasteiger charge is -2.36. The largest absolute Gasteiger partial charge is 0.324 e. The molecule has 1 saturated heterocycles. The SMILES string of the molecule is CNC1CCCN(C(C)C(=O)Nc2ccc(C)cc2C)C1.Cl. The van der Waals surface area contributed by atoms with Crippen molar-refractivity contribution in [2.75, 3.05) is 25.5 Å². The fourth-order valence-corrected chi connectivity index (χ4v) is 2.95. The van der Waals surface area contributed by atoms with E-state index in [0.717, 1.165) is 30.8 Å². The Balaban J connectivity index is 0.00000242. The van der Waals surface area contributed by atoms with Crippen molar-refractivity contribution in [1.82, 2.24) is 10.2 Å². The number of amides is 1. The monoisotopic (exact) mass is 325 g/mol. The molecule has 1 aromatic carbocycles. The predicted molar refractivity (Wildman–Crippen MR) is 94.9 cm³/mol. The first-order valence-electron chi connectivity index (χ1n) is 7.80. The van der Waals surface area contributed by atoms with Gasteiger partial charge in [0.2, 0.25) is 5.91 Å². The Kier molecular flexibility index (Phi) is 7.33. The van der Waals surface area contributed by atoms with Crippen molar-refractivity contribution in [2.24, 2.45) is 0 Å². The van der Waals surface area contributed by atoms with Crippen LogP contribution in [0.3, 0.4) is 0 Å². The third-order valence-corrected chi connectivity index (χ3v) is 4.43. The van der Waals surface area contributed by atoms with Crippen molar-refractivity contribution in [3.8, 4) is 0 Å². The van der Waals surface area contributed by atoms with E-state index in [1.165, 1.54) is 12.0 Å². The van der Waals surface area contributed by atoms with Crippen LogP contribution in [0.2, 0.25) is 0 Å². The third-order valence-electron chi connectivity index (χ3n) is 4.43. The lowest BCUT2D eigenvalue weighted by molar-refractivity contribution is -0.121. The quantitative estimate of drug-likeness (QED) is 0.894. The normalized spacial score (nSPS) is 20.1. The average Bonchev–Trinajstić information content (AvgIpc) is 2.49. The number of likely N-dealkylation sites (N-methyl/N-ethyl adjacent to an activating group) is 1. The number of likely N-dealkylation sites (tertiary alicyclic amines) is 1. The van der Waals surface area contributed by atoms with E-state index in [2.05, 4.69) is 28.5 Å². The Morgan fingerprint density at radius 2 is 2.09 bits per heavy atom. The molecule has 0 aromatic heterocycles. The van der Waals surface area contributed by atoms with Crippen LogP contribution in [0.5, 0.6) is 0 Å². The summed E-state index contributed by atoms with van der Waals surface area (Å²) in [6.07, 6.45) is 2.34. The Morgan fingerprint density at radius 1 is 1.36 bits per heavy atom. The second-order valence-electron chi connectivity index (χ2n) is 6.11. The van der Waals surface area contributed by atoms with Gasteiger partial charge in [0.05, 0.1) is 6.04 Å². The lowest BCUT2D eigenvalue weighted by atomic mass is 10.0. The van der Waals surface area contributed by atoms with Crippen LogP contribution in [0.4, 0.5) is 5.69 Å². The van der Waals surface area contributed by atoms with Crippen LogP contribution in [0, 0.1) is 13.8 Å².